The molecule has 1 amide bonds. The lowest BCUT2D eigenvalue weighted by Gasteiger charge is -2.09. The molecule has 1 rings (SSSR count). The third-order valence-corrected chi connectivity index (χ3v) is 5.06. The van der Waals surface area contributed by atoms with Gasteiger partial charge in [0, 0.05) is 5.69 Å². The van der Waals surface area contributed by atoms with Crippen LogP contribution in [-0.2, 0) is 24.7 Å². The van der Waals surface area contributed by atoms with Crippen LogP contribution in [-0.4, -0.2) is 29.0 Å². The van der Waals surface area contributed by atoms with Gasteiger partial charge in [-0.1, -0.05) is 6.92 Å². The molecule has 3 N–H and O–H groups in total. The van der Waals surface area contributed by atoms with Crippen molar-refractivity contribution >= 4 is 32.0 Å². The van der Waals surface area contributed by atoms with Crippen molar-refractivity contribution in [3.63, 3.8) is 0 Å². The molecule has 0 bridgehead atoms. The first-order valence-electron chi connectivity index (χ1n) is 4.82. The highest BCUT2D eigenvalue weighted by atomic mass is 32.2. The molecule has 0 aromatic heterocycles. The molecule has 0 radical (unpaired) electrons. The first kappa shape index (κ1) is 14.6. The van der Waals surface area contributed by atoms with Crippen molar-refractivity contribution in [1.82, 2.24) is 0 Å². The van der Waals surface area contributed by atoms with Gasteiger partial charge in [-0.2, -0.15) is 0 Å². The van der Waals surface area contributed by atoms with E-state index in [0.29, 0.717) is 6.41 Å². The summed E-state index contributed by atoms with van der Waals surface area (Å²) in [6, 6.07) is 3.39. The molecule has 0 aliphatic heterocycles. The Labute approximate surface area is 105 Å². The number of amides is 1. The lowest BCUT2D eigenvalue weighted by molar-refractivity contribution is -0.105. The average Bonchev–Trinajstić information content (AvgIpc) is 2.28. The van der Waals surface area contributed by atoms with Crippen molar-refractivity contribution in [2.45, 2.75) is 16.7 Å². The fourth-order valence-electron chi connectivity index (χ4n) is 1.30. The van der Waals surface area contributed by atoms with Crippen molar-refractivity contribution in [3.8, 4) is 0 Å². The van der Waals surface area contributed by atoms with E-state index < -0.39 is 24.8 Å². The number of primary sulfonamides is 1. The Kier molecular flexibility index (Phi) is 4.09. The number of anilines is 1. The number of sulfone groups is 1. The molecule has 0 unspecified atom stereocenters. The van der Waals surface area contributed by atoms with Crippen LogP contribution in [0.5, 0.6) is 0 Å². The minimum Gasteiger partial charge on any atom is -0.329 e. The fraction of sp³-hybridized carbons (Fsp3) is 0.222. The van der Waals surface area contributed by atoms with Gasteiger partial charge in [0.05, 0.1) is 10.6 Å². The maximum absolute atomic E-state index is 11.7. The summed E-state index contributed by atoms with van der Waals surface area (Å²) < 4.78 is 46.2. The number of rotatable bonds is 5. The zero-order chi connectivity index (χ0) is 14.0. The summed E-state index contributed by atoms with van der Waals surface area (Å²) >= 11 is 0. The normalized spacial score (nSPS) is 12.1. The highest BCUT2D eigenvalue weighted by molar-refractivity contribution is 7.93. The van der Waals surface area contributed by atoms with Gasteiger partial charge in [-0.25, -0.2) is 22.0 Å². The van der Waals surface area contributed by atoms with E-state index in [1.54, 1.807) is 0 Å². The number of hydrogen-bond acceptors (Lipinski definition) is 5. The summed E-state index contributed by atoms with van der Waals surface area (Å²) in [7, 11) is -7.92. The number of carbonyl (C=O) groups is 1. The quantitative estimate of drug-likeness (QED) is 0.721. The van der Waals surface area contributed by atoms with E-state index in [4.69, 9.17) is 5.14 Å². The lowest BCUT2D eigenvalue weighted by atomic mass is 10.3. The van der Waals surface area contributed by atoms with E-state index >= 15 is 0 Å². The summed E-state index contributed by atoms with van der Waals surface area (Å²) in [4.78, 5) is 9.36. The van der Waals surface area contributed by atoms with E-state index in [0.717, 1.165) is 12.1 Å². The van der Waals surface area contributed by atoms with Crippen molar-refractivity contribution in [2.75, 3.05) is 11.1 Å². The van der Waals surface area contributed by atoms with E-state index in [2.05, 4.69) is 5.32 Å². The fourth-order valence-corrected chi connectivity index (χ4v) is 3.62. The highest BCUT2D eigenvalue weighted by Crippen LogP contribution is 2.24. The van der Waals surface area contributed by atoms with Crippen LogP contribution in [0.1, 0.15) is 6.92 Å². The van der Waals surface area contributed by atoms with Crippen molar-refractivity contribution in [2.24, 2.45) is 5.14 Å². The number of carbonyl (C=O) groups excluding carboxylic acids is 1. The maximum atomic E-state index is 11.7. The van der Waals surface area contributed by atoms with Crippen LogP contribution < -0.4 is 10.5 Å². The molecule has 9 heteroatoms. The van der Waals surface area contributed by atoms with Gasteiger partial charge in [-0.05, 0) is 18.2 Å². The van der Waals surface area contributed by atoms with Crippen LogP contribution in [0.3, 0.4) is 0 Å². The van der Waals surface area contributed by atoms with Gasteiger partial charge in [0.25, 0.3) is 0 Å². The maximum Gasteiger partial charge on any atom is 0.239 e. The summed E-state index contributed by atoms with van der Waals surface area (Å²) in [5, 5.41) is 7.19. The van der Waals surface area contributed by atoms with Gasteiger partial charge in [0.15, 0.2) is 9.84 Å². The second-order valence-corrected chi connectivity index (χ2v) is 7.15. The van der Waals surface area contributed by atoms with Gasteiger partial charge in [0.1, 0.15) is 4.90 Å². The van der Waals surface area contributed by atoms with E-state index in [-0.39, 0.29) is 16.3 Å². The van der Waals surface area contributed by atoms with Crippen molar-refractivity contribution in [3.05, 3.63) is 18.2 Å². The van der Waals surface area contributed by atoms with Gasteiger partial charge < -0.3 is 5.32 Å². The van der Waals surface area contributed by atoms with Crippen molar-refractivity contribution in [1.29, 1.82) is 0 Å². The zero-order valence-corrected chi connectivity index (χ0v) is 11.1. The molecule has 0 saturated carbocycles. The molecule has 0 atom stereocenters. The standard InChI is InChI=1S/C9H12N2O5S2/c1-2-17(13,14)8-4-3-7(11-6-12)5-9(8)18(10,15)16/h3-6H,2H2,1H3,(H,11,12)(H2,10,15,16). The van der Waals surface area contributed by atoms with Gasteiger partial charge in [-0.3, -0.25) is 4.79 Å². The molecule has 0 spiro atoms. The van der Waals surface area contributed by atoms with Gasteiger partial charge in [0.2, 0.25) is 16.4 Å². The molecule has 1 aromatic rings. The van der Waals surface area contributed by atoms with E-state index in [1.807, 2.05) is 0 Å². The van der Waals surface area contributed by atoms with Crippen LogP contribution in [0.2, 0.25) is 0 Å². The van der Waals surface area contributed by atoms with Crippen LogP contribution in [0, 0.1) is 0 Å². The molecule has 0 saturated heterocycles. The predicted octanol–water partition coefficient (Wildman–Crippen LogP) is -0.304. The van der Waals surface area contributed by atoms with E-state index in [9.17, 15) is 21.6 Å². The minimum atomic E-state index is -4.20. The monoisotopic (exact) mass is 292 g/mol. The number of nitrogens with one attached hydrogen (secondary N) is 1. The number of sulfonamides is 1. The van der Waals surface area contributed by atoms with Crippen LogP contribution in [0.15, 0.2) is 28.0 Å². The van der Waals surface area contributed by atoms with Gasteiger partial charge >= 0.3 is 0 Å². The molecule has 100 valence electrons. The largest absolute Gasteiger partial charge is 0.329 e. The predicted molar refractivity (Wildman–Crippen MR) is 65.2 cm³/mol. The summed E-state index contributed by atoms with van der Waals surface area (Å²) in [6.07, 6.45) is 0.343. The van der Waals surface area contributed by atoms with Crippen LogP contribution >= 0.6 is 0 Å². The summed E-state index contributed by atoms with van der Waals surface area (Å²) in [5.74, 6) is -0.254. The Balaban J connectivity index is 3.60. The average molecular weight is 292 g/mol. The Bertz CT molecular complexity index is 664. The Morgan fingerprint density at radius 2 is 1.83 bits per heavy atom. The molecule has 7 nitrogen and oxygen atoms in total. The SMILES string of the molecule is CCS(=O)(=O)c1ccc(NC=O)cc1S(N)(=O)=O. The molecule has 0 heterocycles. The third kappa shape index (κ3) is 3.06. The lowest BCUT2D eigenvalue weighted by Crippen LogP contribution is -2.18. The Hall–Kier alpha value is -1.45. The molecular formula is C9H12N2O5S2. The Morgan fingerprint density at radius 1 is 1.22 bits per heavy atom. The number of hydrogen-bond donors (Lipinski definition) is 2. The van der Waals surface area contributed by atoms with Crippen LogP contribution in [0.4, 0.5) is 5.69 Å². The second kappa shape index (κ2) is 5.04. The van der Waals surface area contributed by atoms with Crippen LogP contribution in [0.25, 0.3) is 0 Å². The smallest absolute Gasteiger partial charge is 0.239 e. The molecule has 1 aromatic carbocycles. The highest BCUT2D eigenvalue weighted by Gasteiger charge is 2.23. The number of nitrogens with two attached hydrogens (primary N) is 1. The molecule has 0 fully saturated rings. The van der Waals surface area contributed by atoms with Crippen molar-refractivity contribution < 1.29 is 21.6 Å². The molecule has 0 aliphatic carbocycles. The Morgan fingerprint density at radius 3 is 2.28 bits per heavy atom. The topological polar surface area (TPSA) is 123 Å². The minimum absolute atomic E-state index is 0.143. The third-order valence-electron chi connectivity index (χ3n) is 2.19. The molecule has 18 heavy (non-hydrogen) atoms. The zero-order valence-electron chi connectivity index (χ0n) is 9.45. The second-order valence-electron chi connectivity index (χ2n) is 3.37. The summed E-state index contributed by atoms with van der Waals surface area (Å²) in [6.45, 7) is 1.39. The van der Waals surface area contributed by atoms with E-state index in [1.165, 1.54) is 13.0 Å². The molecule has 0 aliphatic rings. The summed E-state index contributed by atoms with van der Waals surface area (Å²) in [5.41, 5.74) is 0.143. The molecular weight excluding hydrogens is 280 g/mol. The first-order chi connectivity index (χ1) is 8.22. The first-order valence-corrected chi connectivity index (χ1v) is 8.02. The van der Waals surface area contributed by atoms with Gasteiger partial charge in [-0.15, -0.1) is 0 Å². The number of benzene rings is 1.